The average Bonchev–Trinajstić information content (AvgIpc) is 3.15. The predicted octanol–water partition coefficient (Wildman–Crippen LogP) is 2.42. The molecule has 4 rings (SSSR count). The third kappa shape index (κ3) is 1.74. The Morgan fingerprint density at radius 3 is 2.33 bits per heavy atom. The molecule has 4 saturated carbocycles. The minimum Gasteiger partial charge on any atom is -0.479 e. The highest BCUT2D eigenvalue weighted by molar-refractivity contribution is 5.77. The van der Waals surface area contributed by atoms with Gasteiger partial charge in [-0.05, 0) is 66.6 Å². The SMILES string of the molecule is CC1C(C)C2CC1C1C3CC(C(=O)OCC(=O)O)C(C3)C21. The zero-order chi connectivity index (χ0) is 14.9. The van der Waals surface area contributed by atoms with Crippen LogP contribution >= 0.6 is 0 Å². The number of carbonyl (C=O) groups is 2. The predicted molar refractivity (Wildman–Crippen MR) is 75.2 cm³/mol. The maximum absolute atomic E-state index is 12.2. The molecule has 0 saturated heterocycles. The van der Waals surface area contributed by atoms with Crippen LogP contribution in [0.25, 0.3) is 0 Å². The van der Waals surface area contributed by atoms with Crippen LogP contribution in [-0.4, -0.2) is 23.7 Å². The Balaban J connectivity index is 1.50. The number of aliphatic carboxylic acids is 1. The van der Waals surface area contributed by atoms with E-state index in [9.17, 15) is 9.59 Å². The van der Waals surface area contributed by atoms with E-state index >= 15 is 0 Å². The molecule has 9 unspecified atom stereocenters. The van der Waals surface area contributed by atoms with Crippen molar-refractivity contribution >= 4 is 11.9 Å². The van der Waals surface area contributed by atoms with Crippen LogP contribution in [0.3, 0.4) is 0 Å². The molecule has 4 aliphatic rings. The largest absolute Gasteiger partial charge is 0.479 e. The van der Waals surface area contributed by atoms with Crippen LogP contribution in [-0.2, 0) is 14.3 Å². The van der Waals surface area contributed by atoms with E-state index in [1.165, 1.54) is 12.8 Å². The fourth-order valence-electron chi connectivity index (χ4n) is 6.74. The summed E-state index contributed by atoms with van der Waals surface area (Å²) in [6.45, 7) is 4.31. The lowest BCUT2D eigenvalue weighted by Crippen LogP contribution is -2.41. The van der Waals surface area contributed by atoms with E-state index in [0.717, 1.165) is 36.0 Å². The van der Waals surface area contributed by atoms with Gasteiger partial charge in [0.1, 0.15) is 0 Å². The minimum atomic E-state index is -1.06. The van der Waals surface area contributed by atoms with Crippen LogP contribution in [0.5, 0.6) is 0 Å². The summed E-state index contributed by atoms with van der Waals surface area (Å²) < 4.78 is 4.98. The lowest BCUT2D eigenvalue weighted by Gasteiger charge is -2.42. The molecule has 4 aliphatic carbocycles. The summed E-state index contributed by atoms with van der Waals surface area (Å²) in [6, 6.07) is 0. The van der Waals surface area contributed by atoms with Crippen molar-refractivity contribution in [1.82, 2.24) is 0 Å². The first kappa shape index (κ1) is 13.6. The molecule has 0 radical (unpaired) electrons. The van der Waals surface area contributed by atoms with Gasteiger partial charge in [-0.1, -0.05) is 13.8 Å². The van der Waals surface area contributed by atoms with Crippen LogP contribution in [0.1, 0.15) is 33.1 Å². The van der Waals surface area contributed by atoms with Gasteiger partial charge in [-0.25, -0.2) is 4.79 Å². The molecule has 0 aromatic rings. The highest BCUT2D eigenvalue weighted by Crippen LogP contribution is 2.71. The molecule has 4 fully saturated rings. The van der Waals surface area contributed by atoms with E-state index in [1.807, 2.05) is 0 Å². The number of esters is 1. The zero-order valence-electron chi connectivity index (χ0n) is 12.7. The summed E-state index contributed by atoms with van der Waals surface area (Å²) in [7, 11) is 0. The van der Waals surface area contributed by atoms with Gasteiger partial charge >= 0.3 is 11.9 Å². The second kappa shape index (κ2) is 4.47. The fourth-order valence-corrected chi connectivity index (χ4v) is 6.74. The highest BCUT2D eigenvalue weighted by atomic mass is 16.5. The maximum atomic E-state index is 12.2. The maximum Gasteiger partial charge on any atom is 0.341 e. The van der Waals surface area contributed by atoms with E-state index in [0.29, 0.717) is 17.8 Å². The molecule has 0 amide bonds. The number of fused-ring (bicyclic) bond motifs is 9. The average molecular weight is 292 g/mol. The molecule has 0 spiro atoms. The molecule has 4 nitrogen and oxygen atoms in total. The molecular weight excluding hydrogens is 268 g/mol. The van der Waals surface area contributed by atoms with Crippen LogP contribution in [0.4, 0.5) is 0 Å². The van der Waals surface area contributed by atoms with Crippen molar-refractivity contribution in [3.8, 4) is 0 Å². The molecule has 0 aliphatic heterocycles. The smallest absolute Gasteiger partial charge is 0.341 e. The van der Waals surface area contributed by atoms with Gasteiger partial charge in [0, 0.05) is 0 Å². The summed E-state index contributed by atoms with van der Waals surface area (Å²) in [4.78, 5) is 22.8. The molecule has 1 N–H and O–H groups in total. The Labute approximate surface area is 125 Å². The van der Waals surface area contributed by atoms with Gasteiger partial charge in [0.25, 0.3) is 0 Å². The van der Waals surface area contributed by atoms with Crippen molar-refractivity contribution in [3.63, 3.8) is 0 Å². The number of rotatable bonds is 3. The van der Waals surface area contributed by atoms with Crippen LogP contribution in [0.15, 0.2) is 0 Å². The molecule has 0 aromatic heterocycles. The quantitative estimate of drug-likeness (QED) is 0.641. The first-order chi connectivity index (χ1) is 9.99. The molecule has 0 heterocycles. The second-order valence-corrected chi connectivity index (χ2v) is 7.94. The fraction of sp³-hybridized carbons (Fsp3) is 0.882. The number of carbonyl (C=O) groups excluding carboxylic acids is 1. The van der Waals surface area contributed by atoms with Gasteiger partial charge < -0.3 is 9.84 Å². The molecular formula is C17H24O4. The number of hydrogen-bond donors (Lipinski definition) is 1. The number of hydrogen-bond acceptors (Lipinski definition) is 3. The molecule has 116 valence electrons. The summed E-state index contributed by atoms with van der Waals surface area (Å²) in [5, 5.41) is 8.66. The van der Waals surface area contributed by atoms with Crippen molar-refractivity contribution in [2.45, 2.75) is 33.1 Å². The third-order valence-electron chi connectivity index (χ3n) is 7.49. The Bertz CT molecular complexity index is 487. The van der Waals surface area contributed by atoms with Gasteiger partial charge in [0.05, 0.1) is 5.92 Å². The Morgan fingerprint density at radius 1 is 1.00 bits per heavy atom. The standard InChI is InChI=1S/C17H24O4/c1-7-8(2)11-5-10(7)15-9-3-12(16(11)15)13(4-9)17(20)21-6-14(18)19/h7-13,15-16H,3-6H2,1-2H3,(H,18,19). The van der Waals surface area contributed by atoms with E-state index < -0.39 is 12.6 Å². The Hall–Kier alpha value is -1.06. The van der Waals surface area contributed by atoms with Crippen molar-refractivity contribution < 1.29 is 19.4 Å². The van der Waals surface area contributed by atoms with Crippen LogP contribution in [0, 0.1) is 53.3 Å². The van der Waals surface area contributed by atoms with Crippen molar-refractivity contribution in [3.05, 3.63) is 0 Å². The topological polar surface area (TPSA) is 63.6 Å². The van der Waals surface area contributed by atoms with Crippen molar-refractivity contribution in [2.24, 2.45) is 53.3 Å². The normalized spacial score (nSPS) is 53.0. The minimum absolute atomic E-state index is 0.0301. The zero-order valence-corrected chi connectivity index (χ0v) is 12.7. The monoisotopic (exact) mass is 292 g/mol. The van der Waals surface area contributed by atoms with Gasteiger partial charge in [0.15, 0.2) is 6.61 Å². The van der Waals surface area contributed by atoms with Crippen LogP contribution in [0.2, 0.25) is 0 Å². The summed E-state index contributed by atoms with van der Waals surface area (Å²) >= 11 is 0. The first-order valence-corrected chi connectivity index (χ1v) is 8.37. The molecule has 0 aromatic carbocycles. The number of carboxylic acids is 1. The third-order valence-corrected chi connectivity index (χ3v) is 7.49. The van der Waals surface area contributed by atoms with E-state index in [4.69, 9.17) is 9.84 Å². The Morgan fingerprint density at radius 2 is 1.67 bits per heavy atom. The molecule has 4 bridgehead atoms. The number of carboxylic acid groups (broad SMARTS) is 1. The summed E-state index contributed by atoms with van der Waals surface area (Å²) in [5.41, 5.74) is 0. The Kier molecular flexibility index (Phi) is 2.89. The molecule has 4 heteroatoms. The van der Waals surface area contributed by atoms with E-state index in [1.54, 1.807) is 0 Å². The van der Waals surface area contributed by atoms with Crippen LogP contribution < -0.4 is 0 Å². The molecule has 9 atom stereocenters. The second-order valence-electron chi connectivity index (χ2n) is 7.94. The highest BCUT2D eigenvalue weighted by Gasteiger charge is 2.66. The number of ether oxygens (including phenoxy) is 1. The van der Waals surface area contributed by atoms with E-state index in [2.05, 4.69) is 13.8 Å². The summed E-state index contributed by atoms with van der Waals surface area (Å²) in [6.07, 6.45) is 3.48. The molecule has 21 heavy (non-hydrogen) atoms. The summed E-state index contributed by atoms with van der Waals surface area (Å²) in [5.74, 6) is 4.65. The van der Waals surface area contributed by atoms with Gasteiger partial charge in [0.2, 0.25) is 0 Å². The van der Waals surface area contributed by atoms with Gasteiger partial charge in [-0.3, -0.25) is 4.79 Å². The lowest BCUT2D eigenvalue weighted by molar-refractivity contribution is -0.160. The van der Waals surface area contributed by atoms with E-state index in [-0.39, 0.29) is 11.9 Å². The van der Waals surface area contributed by atoms with Crippen molar-refractivity contribution in [2.75, 3.05) is 6.61 Å². The van der Waals surface area contributed by atoms with Gasteiger partial charge in [-0.15, -0.1) is 0 Å². The first-order valence-electron chi connectivity index (χ1n) is 8.37. The van der Waals surface area contributed by atoms with Crippen molar-refractivity contribution in [1.29, 1.82) is 0 Å². The van der Waals surface area contributed by atoms with Gasteiger partial charge in [-0.2, -0.15) is 0 Å². The lowest BCUT2D eigenvalue weighted by atomic mass is 9.62.